The Bertz CT molecular complexity index is 987. The van der Waals surface area contributed by atoms with E-state index in [0.29, 0.717) is 13.2 Å². The van der Waals surface area contributed by atoms with E-state index in [4.69, 9.17) is 18.9 Å². The van der Waals surface area contributed by atoms with Crippen molar-refractivity contribution in [1.82, 2.24) is 0 Å². The van der Waals surface area contributed by atoms with E-state index in [2.05, 4.69) is 73.7 Å². The number of unbranched alkanes of at least 4 members (excludes halogenated alkanes) is 4. The molecule has 35 heavy (non-hydrogen) atoms. The highest BCUT2D eigenvalue weighted by Gasteiger charge is 2.26. The second-order valence-electron chi connectivity index (χ2n) is 9.92. The molecular weight excluding hydrogens is 436 g/mol. The summed E-state index contributed by atoms with van der Waals surface area (Å²) in [6, 6.07) is 15.1. The molecule has 4 heteroatoms. The Morgan fingerprint density at radius 3 is 2.09 bits per heavy atom. The Hall–Kier alpha value is -2.56. The molecule has 0 spiro atoms. The largest absolute Gasteiger partial charge is 0.491 e. The van der Waals surface area contributed by atoms with Gasteiger partial charge in [-0.05, 0) is 36.1 Å². The average molecular weight is 475 g/mol. The molecule has 4 nitrogen and oxygen atoms in total. The molecule has 2 saturated heterocycles. The van der Waals surface area contributed by atoms with Crippen LogP contribution in [0.4, 0.5) is 0 Å². The molecule has 0 saturated carbocycles. The van der Waals surface area contributed by atoms with Gasteiger partial charge in [0.05, 0.1) is 13.2 Å². The fraction of sp³-hybridized carbons (Fsp3) is 0.484. The first kappa shape index (κ1) is 24.1. The van der Waals surface area contributed by atoms with Gasteiger partial charge in [-0.1, -0.05) is 87.2 Å². The maximum atomic E-state index is 6.38. The molecule has 0 bridgehead atoms. The van der Waals surface area contributed by atoms with E-state index in [-0.39, 0.29) is 24.0 Å². The fourth-order valence-electron chi connectivity index (χ4n) is 4.68. The van der Waals surface area contributed by atoms with Gasteiger partial charge in [-0.2, -0.15) is 0 Å². The van der Waals surface area contributed by atoms with Gasteiger partial charge >= 0.3 is 0 Å². The molecule has 0 radical (unpaired) electrons. The van der Waals surface area contributed by atoms with Crippen molar-refractivity contribution in [1.29, 1.82) is 0 Å². The first-order chi connectivity index (χ1) is 17.3. The van der Waals surface area contributed by atoms with E-state index in [1.54, 1.807) is 0 Å². The summed E-state index contributed by atoms with van der Waals surface area (Å²) in [7, 11) is 0. The molecule has 0 amide bonds. The first-order valence-electron chi connectivity index (χ1n) is 13.4. The second kappa shape index (κ2) is 11.9. The minimum absolute atomic E-state index is 0.225. The minimum Gasteiger partial charge on any atom is -0.491 e. The van der Waals surface area contributed by atoms with Crippen LogP contribution in [0.2, 0.25) is 0 Å². The van der Waals surface area contributed by atoms with Crippen LogP contribution < -0.4 is 9.47 Å². The molecule has 2 atom stereocenters. The Balaban J connectivity index is 1.24. The van der Waals surface area contributed by atoms with Gasteiger partial charge in [0.25, 0.3) is 0 Å². The van der Waals surface area contributed by atoms with Gasteiger partial charge in [-0.15, -0.1) is 0 Å². The molecule has 2 aliphatic heterocycles. The van der Waals surface area contributed by atoms with Crippen LogP contribution in [0, 0.1) is 0 Å². The number of hydrogen-bond acceptors (Lipinski definition) is 4. The molecule has 0 N–H and O–H groups in total. The highest BCUT2D eigenvalue weighted by atomic mass is 16.6. The van der Waals surface area contributed by atoms with Gasteiger partial charge < -0.3 is 18.9 Å². The molecule has 5 rings (SSSR count). The van der Waals surface area contributed by atoms with Crippen LogP contribution in [0.5, 0.6) is 11.5 Å². The summed E-state index contributed by atoms with van der Waals surface area (Å²) in [5.41, 5.74) is 3.86. The van der Waals surface area contributed by atoms with Crippen molar-refractivity contribution in [2.24, 2.45) is 0 Å². The number of hydrogen-bond donors (Lipinski definition) is 0. The van der Waals surface area contributed by atoms with E-state index in [0.717, 1.165) is 31.1 Å². The molecule has 2 fully saturated rings. The van der Waals surface area contributed by atoms with Crippen LogP contribution in [0.25, 0.3) is 0 Å². The fourth-order valence-corrected chi connectivity index (χ4v) is 4.68. The van der Waals surface area contributed by atoms with Crippen molar-refractivity contribution in [3.63, 3.8) is 0 Å². The number of allylic oxidation sites excluding steroid dienone is 4. The Morgan fingerprint density at radius 1 is 0.743 bits per heavy atom. The molecule has 0 aromatic heterocycles. The lowest BCUT2D eigenvalue weighted by Crippen LogP contribution is -2.10. The standard InChI is InChI=1S/C31H38O4/c1-2-3-4-5-6-8-26-9-7-10-30(31(26)35-22-29-21-34-29)25-13-11-23(12-14-25)24-15-17-27(18-16-24)32-19-28-20-33-28/h7,9-18,23,25,28-29H,2-6,8,19-22H2,1H3. The van der Waals surface area contributed by atoms with Crippen molar-refractivity contribution in [3.05, 3.63) is 83.5 Å². The molecule has 3 aliphatic rings. The first-order valence-corrected chi connectivity index (χ1v) is 13.4. The number of ether oxygens (including phenoxy) is 4. The van der Waals surface area contributed by atoms with Gasteiger partial charge in [0.2, 0.25) is 0 Å². The van der Waals surface area contributed by atoms with Gasteiger partial charge in [-0.3, -0.25) is 0 Å². The number of epoxide rings is 2. The van der Waals surface area contributed by atoms with E-state index < -0.39 is 0 Å². The van der Waals surface area contributed by atoms with Crippen molar-refractivity contribution in [2.75, 3.05) is 26.4 Å². The predicted molar refractivity (Wildman–Crippen MR) is 140 cm³/mol. The highest BCUT2D eigenvalue weighted by Crippen LogP contribution is 2.37. The molecule has 2 heterocycles. The number of para-hydroxylation sites is 1. The Kier molecular flexibility index (Phi) is 8.22. The summed E-state index contributed by atoms with van der Waals surface area (Å²) in [5.74, 6) is 2.47. The van der Waals surface area contributed by atoms with Crippen LogP contribution in [0.3, 0.4) is 0 Å². The highest BCUT2D eigenvalue weighted by molar-refractivity contribution is 5.49. The predicted octanol–water partition coefficient (Wildman–Crippen LogP) is 6.75. The van der Waals surface area contributed by atoms with E-state index in [9.17, 15) is 0 Å². The van der Waals surface area contributed by atoms with Crippen molar-refractivity contribution < 1.29 is 18.9 Å². The molecule has 1 aliphatic carbocycles. The lowest BCUT2D eigenvalue weighted by Gasteiger charge is -2.22. The summed E-state index contributed by atoms with van der Waals surface area (Å²) < 4.78 is 22.8. The third kappa shape index (κ3) is 6.99. The van der Waals surface area contributed by atoms with Gasteiger partial charge in [-0.25, -0.2) is 0 Å². The van der Waals surface area contributed by atoms with Crippen molar-refractivity contribution in [3.8, 4) is 11.5 Å². The van der Waals surface area contributed by atoms with Crippen LogP contribution in [-0.4, -0.2) is 38.6 Å². The van der Waals surface area contributed by atoms with Crippen LogP contribution in [0.15, 0.2) is 66.8 Å². The smallest absolute Gasteiger partial charge is 0.126 e. The van der Waals surface area contributed by atoms with Gasteiger partial charge in [0.1, 0.15) is 36.9 Å². The Labute approximate surface area is 209 Å². The third-order valence-corrected chi connectivity index (χ3v) is 7.01. The third-order valence-electron chi connectivity index (χ3n) is 7.01. The van der Waals surface area contributed by atoms with E-state index in [1.807, 2.05) is 0 Å². The number of aryl methyl sites for hydroxylation is 1. The second-order valence-corrected chi connectivity index (χ2v) is 9.92. The summed E-state index contributed by atoms with van der Waals surface area (Å²) >= 11 is 0. The maximum absolute atomic E-state index is 6.38. The van der Waals surface area contributed by atoms with E-state index >= 15 is 0 Å². The number of benzene rings is 2. The summed E-state index contributed by atoms with van der Waals surface area (Å²) in [6.45, 7) is 5.18. The lowest BCUT2D eigenvalue weighted by atomic mass is 9.86. The van der Waals surface area contributed by atoms with Crippen molar-refractivity contribution in [2.45, 2.75) is 69.5 Å². The summed E-state index contributed by atoms with van der Waals surface area (Å²) in [5, 5.41) is 0. The SMILES string of the molecule is CCCCCCCc1cccc(C2C=CC(c3ccc(OCC4CO4)cc3)C=C2)c1OCC1CO1. The maximum Gasteiger partial charge on any atom is 0.126 e. The molecule has 186 valence electrons. The molecule has 2 aromatic rings. The van der Waals surface area contributed by atoms with Gasteiger partial charge in [0.15, 0.2) is 0 Å². The summed E-state index contributed by atoms with van der Waals surface area (Å²) in [6.07, 6.45) is 17.3. The van der Waals surface area contributed by atoms with Gasteiger partial charge in [0, 0.05) is 17.4 Å². The minimum atomic E-state index is 0.225. The Morgan fingerprint density at radius 2 is 1.40 bits per heavy atom. The topological polar surface area (TPSA) is 43.5 Å². The summed E-state index contributed by atoms with van der Waals surface area (Å²) in [4.78, 5) is 0. The zero-order valence-electron chi connectivity index (χ0n) is 20.9. The molecular formula is C31H38O4. The lowest BCUT2D eigenvalue weighted by molar-refractivity contribution is 0.259. The normalized spacial score (nSPS) is 24.4. The van der Waals surface area contributed by atoms with Crippen LogP contribution >= 0.6 is 0 Å². The van der Waals surface area contributed by atoms with Crippen LogP contribution in [-0.2, 0) is 15.9 Å². The average Bonchev–Trinajstić information content (AvgIpc) is 3.82. The zero-order valence-corrected chi connectivity index (χ0v) is 20.9. The zero-order chi connectivity index (χ0) is 23.9. The monoisotopic (exact) mass is 474 g/mol. The van der Waals surface area contributed by atoms with Crippen LogP contribution in [0.1, 0.15) is 67.6 Å². The number of rotatable bonds is 14. The van der Waals surface area contributed by atoms with Crippen molar-refractivity contribution >= 4 is 0 Å². The quantitative estimate of drug-likeness (QED) is 0.173. The molecule has 2 unspecified atom stereocenters. The van der Waals surface area contributed by atoms with E-state index in [1.165, 1.54) is 48.8 Å². The molecule has 2 aromatic carbocycles.